The summed E-state index contributed by atoms with van der Waals surface area (Å²) in [7, 11) is 0. The van der Waals surface area contributed by atoms with E-state index in [1.54, 1.807) is 17.8 Å². The summed E-state index contributed by atoms with van der Waals surface area (Å²) in [6, 6.07) is 5.49. The fraction of sp³-hybridized carbons (Fsp3) is 0.417. The first kappa shape index (κ1) is 14.5. The van der Waals surface area contributed by atoms with Crippen molar-refractivity contribution in [1.29, 1.82) is 0 Å². The average Bonchev–Trinajstić information content (AvgIpc) is 2.34. The minimum absolute atomic E-state index is 0.497. The summed E-state index contributed by atoms with van der Waals surface area (Å²) in [5, 5.41) is 19.3. The van der Waals surface area contributed by atoms with E-state index in [-0.39, 0.29) is 0 Å². The van der Waals surface area contributed by atoms with Gasteiger partial charge >= 0.3 is 5.97 Å². The summed E-state index contributed by atoms with van der Waals surface area (Å²) in [6.45, 7) is 0. The largest absolute Gasteiger partial charge is 0.479 e. The normalized spacial score (nSPS) is 12.4. The van der Waals surface area contributed by atoms with E-state index in [4.69, 9.17) is 5.11 Å². The van der Waals surface area contributed by atoms with Crippen LogP contribution in [-0.4, -0.2) is 27.8 Å². The number of rotatable bonds is 6. The smallest absolute Gasteiger partial charge is 0.337 e. The molecule has 0 aliphatic heterocycles. The van der Waals surface area contributed by atoms with Gasteiger partial charge in [0, 0.05) is 10.2 Å². The van der Waals surface area contributed by atoms with Crippen molar-refractivity contribution in [3.05, 3.63) is 29.3 Å². The van der Waals surface area contributed by atoms with Crippen molar-refractivity contribution in [3.8, 4) is 0 Å². The second kappa shape index (κ2) is 7.03. The predicted molar refractivity (Wildman–Crippen MR) is 72.9 cm³/mol. The van der Waals surface area contributed by atoms with Crippen LogP contribution in [0.2, 0.25) is 0 Å². The Labute approximate surface area is 113 Å². The van der Waals surface area contributed by atoms with Crippen LogP contribution in [-0.2, 0) is 11.2 Å². The molecule has 3 nitrogen and oxygen atoms in total. The molecule has 1 aromatic carbocycles. The highest BCUT2D eigenvalue weighted by molar-refractivity contribution is 9.09. The third-order valence-corrected chi connectivity index (χ3v) is 3.74. The Hall–Kier alpha value is -0.520. The van der Waals surface area contributed by atoms with Gasteiger partial charge in [-0.3, -0.25) is 0 Å². The number of aliphatic hydroxyl groups is 1. The molecule has 1 atom stereocenters. The van der Waals surface area contributed by atoms with Crippen molar-refractivity contribution in [1.82, 2.24) is 0 Å². The molecule has 0 spiro atoms. The number of hydrogen-bond acceptors (Lipinski definition) is 3. The Kier molecular flexibility index (Phi) is 6.02. The molecule has 17 heavy (non-hydrogen) atoms. The van der Waals surface area contributed by atoms with E-state index in [1.165, 1.54) is 0 Å². The quantitative estimate of drug-likeness (QED) is 0.625. The molecule has 1 aromatic rings. The third-order valence-electron chi connectivity index (χ3n) is 2.46. The van der Waals surface area contributed by atoms with Crippen LogP contribution in [0.25, 0.3) is 0 Å². The summed E-state index contributed by atoms with van der Waals surface area (Å²) in [5.74, 6) is -1.21. The van der Waals surface area contributed by atoms with Gasteiger partial charge in [0.2, 0.25) is 0 Å². The Morgan fingerprint density at radius 1 is 1.53 bits per heavy atom. The molecule has 0 heterocycles. The molecule has 0 bridgehead atoms. The first-order chi connectivity index (χ1) is 8.10. The number of hydrogen-bond donors (Lipinski definition) is 2. The lowest BCUT2D eigenvalue weighted by Gasteiger charge is -2.13. The maximum Gasteiger partial charge on any atom is 0.337 e. The molecule has 0 aliphatic rings. The molecule has 2 N–H and O–H groups in total. The number of aliphatic carboxylic acids is 1. The molecule has 0 aliphatic carbocycles. The molecular formula is C12H15BrO3S. The lowest BCUT2D eigenvalue weighted by molar-refractivity contribution is -0.147. The SMILES string of the molecule is CSc1ccc(C(O)C(=O)O)c(CCCBr)c1. The van der Waals surface area contributed by atoms with Crippen LogP contribution in [0.3, 0.4) is 0 Å². The van der Waals surface area contributed by atoms with Crippen molar-refractivity contribution < 1.29 is 15.0 Å². The standard InChI is InChI=1S/C12H15BrO3S/c1-17-9-4-5-10(11(14)12(15)16)8(7-9)3-2-6-13/h4-5,7,11,14H,2-3,6H2,1H3,(H,15,16). The van der Waals surface area contributed by atoms with Crippen LogP contribution in [0.4, 0.5) is 0 Å². The van der Waals surface area contributed by atoms with E-state index in [1.807, 2.05) is 18.4 Å². The number of benzene rings is 1. The lowest BCUT2D eigenvalue weighted by atomic mass is 9.99. The summed E-state index contributed by atoms with van der Waals surface area (Å²) < 4.78 is 0. The number of aliphatic hydroxyl groups excluding tert-OH is 1. The molecule has 1 rings (SSSR count). The van der Waals surface area contributed by atoms with E-state index >= 15 is 0 Å². The zero-order chi connectivity index (χ0) is 12.8. The zero-order valence-corrected chi connectivity index (χ0v) is 11.9. The number of alkyl halides is 1. The molecule has 1 unspecified atom stereocenters. The van der Waals surface area contributed by atoms with Gasteiger partial charge in [-0.15, -0.1) is 11.8 Å². The number of carboxylic acids is 1. The topological polar surface area (TPSA) is 57.5 Å². The first-order valence-corrected chi connectivity index (χ1v) is 7.58. The lowest BCUT2D eigenvalue weighted by Crippen LogP contribution is -2.13. The van der Waals surface area contributed by atoms with E-state index < -0.39 is 12.1 Å². The van der Waals surface area contributed by atoms with E-state index in [9.17, 15) is 9.90 Å². The number of thioether (sulfide) groups is 1. The fourth-order valence-electron chi connectivity index (χ4n) is 1.58. The molecule has 0 radical (unpaired) electrons. The highest BCUT2D eigenvalue weighted by Gasteiger charge is 2.19. The molecule has 0 saturated heterocycles. The van der Waals surface area contributed by atoms with E-state index in [2.05, 4.69) is 15.9 Å². The van der Waals surface area contributed by atoms with Crippen LogP contribution in [0.1, 0.15) is 23.7 Å². The number of halogens is 1. The molecule has 0 fully saturated rings. The maximum absolute atomic E-state index is 10.8. The van der Waals surface area contributed by atoms with Crippen molar-refractivity contribution in [2.75, 3.05) is 11.6 Å². The Morgan fingerprint density at radius 2 is 2.24 bits per heavy atom. The second-order valence-electron chi connectivity index (χ2n) is 3.60. The maximum atomic E-state index is 10.8. The second-order valence-corrected chi connectivity index (χ2v) is 5.27. The van der Waals surface area contributed by atoms with Crippen molar-refractivity contribution in [3.63, 3.8) is 0 Å². The first-order valence-electron chi connectivity index (χ1n) is 5.23. The van der Waals surface area contributed by atoms with Crippen LogP contribution >= 0.6 is 27.7 Å². The van der Waals surface area contributed by atoms with Gasteiger partial charge in [0.05, 0.1) is 0 Å². The Bertz CT molecular complexity index is 395. The van der Waals surface area contributed by atoms with Crippen molar-refractivity contribution in [2.24, 2.45) is 0 Å². The molecule has 5 heteroatoms. The summed E-state index contributed by atoms with van der Waals surface area (Å²) in [6.07, 6.45) is 2.21. The van der Waals surface area contributed by atoms with Gasteiger partial charge < -0.3 is 10.2 Å². The minimum atomic E-state index is -1.43. The average molecular weight is 319 g/mol. The molecule has 0 saturated carbocycles. The van der Waals surface area contributed by atoms with Crippen molar-refractivity contribution >= 4 is 33.7 Å². The highest BCUT2D eigenvalue weighted by Crippen LogP contribution is 2.25. The third kappa shape index (κ3) is 4.01. The van der Waals surface area contributed by atoms with Crippen LogP contribution in [0, 0.1) is 0 Å². The van der Waals surface area contributed by atoms with E-state index in [0.717, 1.165) is 28.6 Å². The van der Waals surface area contributed by atoms with Gasteiger partial charge in [0.1, 0.15) is 0 Å². The molecule has 0 aromatic heterocycles. The highest BCUT2D eigenvalue weighted by atomic mass is 79.9. The number of carboxylic acid groups (broad SMARTS) is 1. The zero-order valence-electron chi connectivity index (χ0n) is 9.52. The van der Waals surface area contributed by atoms with Crippen LogP contribution in [0.5, 0.6) is 0 Å². The Balaban J connectivity index is 3.05. The summed E-state index contributed by atoms with van der Waals surface area (Å²) >= 11 is 4.95. The van der Waals surface area contributed by atoms with Gasteiger partial charge in [-0.25, -0.2) is 4.79 Å². The van der Waals surface area contributed by atoms with Crippen LogP contribution < -0.4 is 0 Å². The monoisotopic (exact) mass is 318 g/mol. The number of aryl methyl sites for hydroxylation is 1. The summed E-state index contributed by atoms with van der Waals surface area (Å²) in [4.78, 5) is 11.9. The van der Waals surface area contributed by atoms with Gasteiger partial charge in [0.25, 0.3) is 0 Å². The number of carbonyl (C=O) groups is 1. The molecular weight excluding hydrogens is 304 g/mol. The fourth-order valence-corrected chi connectivity index (χ4v) is 2.33. The molecule has 94 valence electrons. The minimum Gasteiger partial charge on any atom is -0.479 e. The Morgan fingerprint density at radius 3 is 2.76 bits per heavy atom. The molecule has 0 amide bonds. The van der Waals surface area contributed by atoms with Gasteiger partial charge in [-0.1, -0.05) is 22.0 Å². The van der Waals surface area contributed by atoms with Gasteiger partial charge in [-0.2, -0.15) is 0 Å². The predicted octanol–water partition coefficient (Wildman–Crippen LogP) is 2.85. The van der Waals surface area contributed by atoms with Gasteiger partial charge in [-0.05, 0) is 42.4 Å². The van der Waals surface area contributed by atoms with E-state index in [0.29, 0.717) is 5.56 Å². The van der Waals surface area contributed by atoms with Crippen LogP contribution in [0.15, 0.2) is 23.1 Å². The van der Waals surface area contributed by atoms with Crippen molar-refractivity contribution in [2.45, 2.75) is 23.8 Å². The summed E-state index contributed by atoms with van der Waals surface area (Å²) in [5.41, 5.74) is 1.41. The van der Waals surface area contributed by atoms with Gasteiger partial charge in [0.15, 0.2) is 6.10 Å².